The number of piperidine rings is 1. The van der Waals surface area contributed by atoms with Crippen molar-refractivity contribution in [2.45, 2.75) is 43.9 Å². The van der Waals surface area contributed by atoms with Gasteiger partial charge < -0.3 is 14.6 Å². The highest BCUT2D eigenvalue weighted by atomic mass is 16.3. The number of anilines is 1. The third-order valence-corrected chi connectivity index (χ3v) is 5.60. The van der Waals surface area contributed by atoms with Gasteiger partial charge in [0.05, 0.1) is 11.6 Å². The van der Waals surface area contributed by atoms with Gasteiger partial charge in [0, 0.05) is 42.3 Å². The number of hydrogen-bond donors (Lipinski definition) is 1. The van der Waals surface area contributed by atoms with E-state index in [0.717, 1.165) is 40.6 Å². The van der Waals surface area contributed by atoms with Crippen molar-refractivity contribution in [3.63, 3.8) is 0 Å². The number of aliphatic hydroxyl groups is 1. The van der Waals surface area contributed by atoms with Crippen LogP contribution in [-0.4, -0.2) is 37.8 Å². The van der Waals surface area contributed by atoms with E-state index in [0.29, 0.717) is 12.1 Å². The Morgan fingerprint density at radius 3 is 2.65 bits per heavy atom. The van der Waals surface area contributed by atoms with Gasteiger partial charge >= 0.3 is 0 Å². The van der Waals surface area contributed by atoms with E-state index in [1.54, 1.807) is 0 Å². The summed E-state index contributed by atoms with van der Waals surface area (Å²) in [6, 6.07) is 7.22. The smallest absolute Gasteiger partial charge is 0.143 e. The predicted octanol–water partition coefficient (Wildman–Crippen LogP) is 2.61. The molecule has 3 atom stereocenters. The first-order valence-corrected chi connectivity index (χ1v) is 8.38. The number of rotatable bonds is 1. The summed E-state index contributed by atoms with van der Waals surface area (Å²) in [6.45, 7) is 0. The van der Waals surface area contributed by atoms with E-state index in [2.05, 4.69) is 33.6 Å². The van der Waals surface area contributed by atoms with Gasteiger partial charge in [0.1, 0.15) is 11.5 Å². The molecule has 3 aromatic heterocycles. The number of hydrogen-bond acceptors (Lipinski definition) is 4. The molecule has 0 aliphatic carbocycles. The van der Waals surface area contributed by atoms with Crippen molar-refractivity contribution in [2.24, 2.45) is 7.05 Å². The van der Waals surface area contributed by atoms with Crippen molar-refractivity contribution in [2.75, 3.05) is 4.90 Å². The summed E-state index contributed by atoms with van der Waals surface area (Å²) in [5.74, 6) is 1.05. The van der Waals surface area contributed by atoms with E-state index in [9.17, 15) is 5.11 Å². The first-order valence-electron chi connectivity index (χ1n) is 8.38. The van der Waals surface area contributed by atoms with E-state index in [4.69, 9.17) is 4.98 Å². The normalized spacial score (nSPS) is 27.2. The van der Waals surface area contributed by atoms with Crippen LogP contribution in [-0.2, 0) is 7.05 Å². The Labute approximate surface area is 134 Å². The number of nitrogens with zero attached hydrogens (tertiary/aromatic N) is 4. The van der Waals surface area contributed by atoms with Crippen LogP contribution in [0.3, 0.4) is 0 Å². The van der Waals surface area contributed by atoms with Crippen molar-refractivity contribution in [3.05, 3.63) is 30.6 Å². The molecule has 3 aromatic rings. The zero-order valence-corrected chi connectivity index (χ0v) is 13.2. The lowest BCUT2D eigenvalue weighted by atomic mass is 10.00. The Hall–Kier alpha value is -2.14. The van der Waals surface area contributed by atoms with Crippen molar-refractivity contribution in [3.8, 4) is 0 Å². The molecule has 2 saturated heterocycles. The predicted molar refractivity (Wildman–Crippen MR) is 90.5 cm³/mol. The summed E-state index contributed by atoms with van der Waals surface area (Å²) >= 11 is 0. The average Bonchev–Trinajstić information content (AvgIpc) is 3.00. The molecule has 23 heavy (non-hydrogen) atoms. The van der Waals surface area contributed by atoms with E-state index in [1.165, 1.54) is 12.8 Å². The first-order chi connectivity index (χ1) is 11.2. The highest BCUT2D eigenvalue weighted by molar-refractivity contribution is 6.06. The van der Waals surface area contributed by atoms with Gasteiger partial charge in [-0.15, -0.1) is 0 Å². The second kappa shape index (κ2) is 4.68. The molecule has 5 rings (SSSR count). The van der Waals surface area contributed by atoms with Crippen LogP contribution in [0, 0.1) is 0 Å². The molecule has 0 amide bonds. The van der Waals surface area contributed by atoms with Gasteiger partial charge in [-0.3, -0.25) is 4.98 Å². The summed E-state index contributed by atoms with van der Waals surface area (Å²) in [4.78, 5) is 11.7. The molecule has 0 saturated carbocycles. The fourth-order valence-electron chi connectivity index (χ4n) is 4.57. The summed E-state index contributed by atoms with van der Waals surface area (Å²) in [5.41, 5.74) is 2.17. The van der Waals surface area contributed by atoms with Crippen LogP contribution in [0.25, 0.3) is 21.9 Å². The van der Waals surface area contributed by atoms with Gasteiger partial charge in [-0.2, -0.15) is 0 Å². The Kier molecular flexibility index (Phi) is 2.71. The van der Waals surface area contributed by atoms with Crippen LogP contribution in [0.5, 0.6) is 0 Å². The third-order valence-electron chi connectivity index (χ3n) is 5.60. The third kappa shape index (κ3) is 1.83. The number of pyridine rings is 2. The fraction of sp³-hybridized carbons (Fsp3) is 0.444. The number of aromatic nitrogens is 3. The molecule has 5 heterocycles. The maximum absolute atomic E-state index is 10.0. The average molecular weight is 308 g/mol. The van der Waals surface area contributed by atoms with E-state index in [1.807, 2.05) is 18.5 Å². The molecular formula is C18H20N4O. The van der Waals surface area contributed by atoms with Gasteiger partial charge in [0.25, 0.3) is 0 Å². The number of fused-ring (bicyclic) bond motifs is 5. The van der Waals surface area contributed by atoms with Crippen LogP contribution in [0.2, 0.25) is 0 Å². The monoisotopic (exact) mass is 308 g/mol. The molecule has 118 valence electrons. The SMILES string of the molecule is Cn1c2ccncc2c2ccc(N3[C@@H]4CC[C@H]3CC(O)C4)nc21. The minimum Gasteiger partial charge on any atom is -0.393 e. The molecular weight excluding hydrogens is 288 g/mol. The highest BCUT2D eigenvalue weighted by Gasteiger charge is 2.40. The summed E-state index contributed by atoms with van der Waals surface area (Å²) < 4.78 is 2.15. The number of aryl methyl sites for hydroxylation is 1. The minimum absolute atomic E-state index is 0.142. The Bertz CT molecular complexity index is 889. The molecule has 1 unspecified atom stereocenters. The molecule has 2 bridgehead atoms. The second-order valence-electron chi connectivity index (χ2n) is 6.91. The molecule has 2 fully saturated rings. The zero-order valence-electron chi connectivity index (χ0n) is 13.2. The summed E-state index contributed by atoms with van der Waals surface area (Å²) in [6.07, 6.45) is 7.68. The quantitative estimate of drug-likeness (QED) is 0.751. The Morgan fingerprint density at radius 2 is 1.87 bits per heavy atom. The Morgan fingerprint density at radius 1 is 1.09 bits per heavy atom. The molecule has 1 N–H and O–H groups in total. The van der Waals surface area contributed by atoms with Crippen LogP contribution >= 0.6 is 0 Å². The van der Waals surface area contributed by atoms with Gasteiger partial charge in [-0.25, -0.2) is 4.98 Å². The van der Waals surface area contributed by atoms with Gasteiger partial charge in [0.2, 0.25) is 0 Å². The zero-order chi connectivity index (χ0) is 15.6. The fourth-order valence-corrected chi connectivity index (χ4v) is 4.57. The molecule has 0 aromatic carbocycles. The second-order valence-corrected chi connectivity index (χ2v) is 6.91. The molecule has 0 spiro atoms. The highest BCUT2D eigenvalue weighted by Crippen LogP contribution is 2.39. The van der Waals surface area contributed by atoms with E-state index >= 15 is 0 Å². The van der Waals surface area contributed by atoms with Crippen molar-refractivity contribution < 1.29 is 5.11 Å². The Balaban J connectivity index is 1.66. The van der Waals surface area contributed by atoms with Crippen LogP contribution in [0.4, 0.5) is 5.82 Å². The number of aliphatic hydroxyl groups excluding tert-OH is 1. The van der Waals surface area contributed by atoms with Crippen LogP contribution in [0.15, 0.2) is 30.6 Å². The van der Waals surface area contributed by atoms with Gasteiger partial charge in [-0.1, -0.05) is 0 Å². The molecule has 2 aliphatic heterocycles. The largest absolute Gasteiger partial charge is 0.393 e. The molecule has 5 heteroatoms. The van der Waals surface area contributed by atoms with Crippen molar-refractivity contribution >= 4 is 27.8 Å². The maximum atomic E-state index is 10.0. The van der Waals surface area contributed by atoms with Crippen molar-refractivity contribution in [1.82, 2.24) is 14.5 Å². The van der Waals surface area contributed by atoms with Crippen molar-refractivity contribution in [1.29, 1.82) is 0 Å². The van der Waals surface area contributed by atoms with E-state index in [-0.39, 0.29) is 6.10 Å². The van der Waals surface area contributed by atoms with Crippen LogP contribution < -0.4 is 4.90 Å². The van der Waals surface area contributed by atoms with Gasteiger partial charge in [0.15, 0.2) is 0 Å². The minimum atomic E-state index is -0.142. The first kappa shape index (κ1) is 13.3. The summed E-state index contributed by atoms with van der Waals surface area (Å²) in [7, 11) is 2.07. The maximum Gasteiger partial charge on any atom is 0.143 e. The standard InChI is InChI=1S/C18H20N4O/c1-21-16-6-7-19-10-15(16)14-4-5-17(20-18(14)21)22-11-2-3-12(22)9-13(23)8-11/h4-7,10-13,23H,2-3,8-9H2,1H3/t11-,12+,13?. The van der Waals surface area contributed by atoms with Gasteiger partial charge in [-0.05, 0) is 43.9 Å². The lowest BCUT2D eigenvalue weighted by molar-refractivity contribution is 0.126. The van der Waals surface area contributed by atoms with Crippen LogP contribution in [0.1, 0.15) is 25.7 Å². The lowest BCUT2D eigenvalue weighted by Crippen LogP contribution is -2.45. The molecule has 0 radical (unpaired) electrons. The topological polar surface area (TPSA) is 54.2 Å². The molecule has 2 aliphatic rings. The summed E-state index contributed by atoms with van der Waals surface area (Å²) in [5, 5.41) is 12.3. The lowest BCUT2D eigenvalue weighted by Gasteiger charge is -2.38. The van der Waals surface area contributed by atoms with E-state index < -0.39 is 0 Å². The molecule has 5 nitrogen and oxygen atoms in total.